The Morgan fingerprint density at radius 1 is 0.600 bits per heavy atom. The summed E-state index contributed by atoms with van der Waals surface area (Å²) in [4.78, 5) is 65.5. The van der Waals surface area contributed by atoms with E-state index in [2.05, 4.69) is 24.6 Å². The summed E-state index contributed by atoms with van der Waals surface area (Å²) in [5, 5.41) is 41.0. The molecule has 0 radical (unpaired) electrons. The van der Waals surface area contributed by atoms with Crippen LogP contribution < -0.4 is 10.8 Å². The summed E-state index contributed by atoms with van der Waals surface area (Å²) < 4.78 is 0. The van der Waals surface area contributed by atoms with E-state index in [-0.39, 0.29) is 49.2 Å². The molecule has 0 spiro atoms. The molecule has 0 heterocycles. The Labute approximate surface area is 265 Å². The Bertz CT molecular complexity index is 1080. The summed E-state index contributed by atoms with van der Waals surface area (Å²) in [5.74, 6) is -5.28. The number of carbonyl (C=O) groups excluding carboxylic acids is 1. The van der Waals surface area contributed by atoms with E-state index in [1.807, 2.05) is 0 Å². The van der Waals surface area contributed by atoms with Crippen molar-refractivity contribution in [2.75, 3.05) is 6.61 Å². The highest BCUT2D eigenvalue weighted by Crippen LogP contribution is 2.42. The number of nitrogens with one attached hydrogen (secondary N) is 2. The summed E-state index contributed by atoms with van der Waals surface area (Å²) in [5.41, 5.74) is 3.17. The van der Waals surface area contributed by atoms with Crippen LogP contribution in [0.5, 0.6) is 0 Å². The standard InChI is InChI=1S/C33H52N2O10/c1-17-11-19(3-7-24(17)29(36)34-28-15-22(31(39)40)6-9-26(28)33(43)44)13-20-4-10-27(18(2)12-20)35-45-16-23-14-21(30(37)38)5-8-25(23)32(41)42/h17-28,35H,3-16H2,1-2H3,(H,34,36)(H,37,38)(H,39,40)(H,41,42)(H,43,44). The maximum atomic E-state index is 13.3. The number of hydrogen-bond acceptors (Lipinski definition) is 7. The molecular formula is C33H52N2O10. The molecular weight excluding hydrogens is 584 g/mol. The molecule has 4 saturated carbocycles. The summed E-state index contributed by atoms with van der Waals surface area (Å²) in [6.07, 6.45) is 8.50. The lowest BCUT2D eigenvalue weighted by Crippen LogP contribution is -2.50. The van der Waals surface area contributed by atoms with Crippen LogP contribution in [0, 0.1) is 59.2 Å². The first-order valence-electron chi connectivity index (χ1n) is 16.9. The van der Waals surface area contributed by atoms with Gasteiger partial charge in [-0.25, -0.2) is 0 Å². The average Bonchev–Trinajstić information content (AvgIpc) is 2.97. The van der Waals surface area contributed by atoms with Gasteiger partial charge in [-0.2, -0.15) is 5.48 Å². The van der Waals surface area contributed by atoms with Gasteiger partial charge in [0, 0.05) is 18.0 Å². The van der Waals surface area contributed by atoms with Gasteiger partial charge in [0.15, 0.2) is 0 Å². The van der Waals surface area contributed by atoms with Crippen molar-refractivity contribution in [3.8, 4) is 0 Å². The highest BCUT2D eigenvalue weighted by molar-refractivity contribution is 5.81. The van der Waals surface area contributed by atoms with Crippen LogP contribution in [-0.2, 0) is 28.8 Å². The van der Waals surface area contributed by atoms with E-state index in [4.69, 9.17) is 4.84 Å². The van der Waals surface area contributed by atoms with Crippen LogP contribution in [0.15, 0.2) is 0 Å². The molecule has 12 heteroatoms. The van der Waals surface area contributed by atoms with Crippen LogP contribution in [0.2, 0.25) is 0 Å². The molecule has 4 aliphatic rings. The minimum Gasteiger partial charge on any atom is -0.481 e. The molecule has 45 heavy (non-hydrogen) atoms. The van der Waals surface area contributed by atoms with Crippen LogP contribution in [0.1, 0.15) is 97.3 Å². The first-order chi connectivity index (χ1) is 21.3. The fraction of sp³-hybridized carbons (Fsp3) is 0.848. The van der Waals surface area contributed by atoms with E-state index in [1.165, 1.54) is 0 Å². The van der Waals surface area contributed by atoms with Gasteiger partial charge in [0.1, 0.15) is 0 Å². The molecule has 12 unspecified atom stereocenters. The molecule has 4 rings (SSSR count). The number of hydrogen-bond donors (Lipinski definition) is 6. The molecule has 0 aromatic rings. The molecule has 12 nitrogen and oxygen atoms in total. The Hall–Kier alpha value is -2.73. The molecule has 0 saturated heterocycles. The van der Waals surface area contributed by atoms with Crippen molar-refractivity contribution in [2.24, 2.45) is 59.2 Å². The van der Waals surface area contributed by atoms with Gasteiger partial charge in [-0.15, -0.1) is 0 Å². The monoisotopic (exact) mass is 636 g/mol. The molecule has 6 N–H and O–H groups in total. The number of carboxylic acid groups (broad SMARTS) is 4. The van der Waals surface area contributed by atoms with Crippen LogP contribution in [0.4, 0.5) is 0 Å². The number of amides is 1. The molecule has 254 valence electrons. The SMILES string of the molecule is CC1CC(CC2CCC(C(=O)NC3CC(C(=O)O)CCC3C(=O)O)C(C)C2)CCC1NOCC1CC(C(=O)O)CCC1C(=O)O. The summed E-state index contributed by atoms with van der Waals surface area (Å²) in [7, 11) is 0. The minimum absolute atomic E-state index is 0.148. The van der Waals surface area contributed by atoms with Gasteiger partial charge in [-0.1, -0.05) is 13.8 Å². The Balaban J connectivity index is 1.19. The third-order valence-electron chi connectivity index (χ3n) is 11.6. The van der Waals surface area contributed by atoms with Gasteiger partial charge in [-0.05, 0) is 113 Å². The lowest BCUT2D eigenvalue weighted by Gasteiger charge is -2.40. The summed E-state index contributed by atoms with van der Waals surface area (Å²) >= 11 is 0. The van der Waals surface area contributed by atoms with E-state index in [0.717, 1.165) is 44.9 Å². The lowest BCUT2D eigenvalue weighted by molar-refractivity contribution is -0.153. The predicted octanol–water partition coefficient (Wildman–Crippen LogP) is 4.03. The van der Waals surface area contributed by atoms with Crippen LogP contribution >= 0.6 is 0 Å². The molecule has 0 aliphatic heterocycles. The molecule has 0 aromatic heterocycles. The van der Waals surface area contributed by atoms with Gasteiger partial charge < -0.3 is 30.6 Å². The second-order valence-corrected chi connectivity index (χ2v) is 14.7. The third-order valence-corrected chi connectivity index (χ3v) is 11.6. The summed E-state index contributed by atoms with van der Waals surface area (Å²) in [6, 6.07) is -0.510. The average molecular weight is 637 g/mol. The van der Waals surface area contributed by atoms with Crippen LogP contribution in [0.3, 0.4) is 0 Å². The van der Waals surface area contributed by atoms with Crippen molar-refractivity contribution < 1.29 is 49.2 Å². The lowest BCUT2D eigenvalue weighted by atomic mass is 9.68. The van der Waals surface area contributed by atoms with Crippen LogP contribution in [-0.4, -0.2) is 68.9 Å². The summed E-state index contributed by atoms with van der Waals surface area (Å²) in [6.45, 7) is 4.47. The fourth-order valence-corrected chi connectivity index (χ4v) is 8.88. The maximum Gasteiger partial charge on any atom is 0.308 e. The van der Waals surface area contributed by atoms with Crippen molar-refractivity contribution >= 4 is 29.8 Å². The van der Waals surface area contributed by atoms with Crippen LogP contribution in [0.25, 0.3) is 0 Å². The van der Waals surface area contributed by atoms with E-state index in [1.54, 1.807) is 0 Å². The minimum atomic E-state index is -0.989. The first kappa shape index (κ1) is 35.1. The zero-order valence-electron chi connectivity index (χ0n) is 26.6. The largest absolute Gasteiger partial charge is 0.481 e. The van der Waals surface area contributed by atoms with Crippen molar-refractivity contribution in [3.63, 3.8) is 0 Å². The molecule has 4 fully saturated rings. The maximum absolute atomic E-state index is 13.3. The highest BCUT2D eigenvalue weighted by Gasteiger charge is 2.42. The van der Waals surface area contributed by atoms with Crippen molar-refractivity contribution in [2.45, 2.75) is 109 Å². The van der Waals surface area contributed by atoms with E-state index >= 15 is 0 Å². The fourth-order valence-electron chi connectivity index (χ4n) is 8.88. The Kier molecular flexibility index (Phi) is 12.3. The number of carboxylic acids is 4. The smallest absolute Gasteiger partial charge is 0.308 e. The van der Waals surface area contributed by atoms with Gasteiger partial charge in [-0.3, -0.25) is 24.0 Å². The van der Waals surface area contributed by atoms with Gasteiger partial charge >= 0.3 is 23.9 Å². The molecule has 1 amide bonds. The number of aliphatic carboxylic acids is 4. The number of rotatable bonds is 12. The second-order valence-electron chi connectivity index (χ2n) is 14.7. The Morgan fingerprint density at radius 2 is 1.16 bits per heavy atom. The number of carbonyl (C=O) groups is 5. The second kappa shape index (κ2) is 15.7. The first-order valence-corrected chi connectivity index (χ1v) is 16.9. The van der Waals surface area contributed by atoms with Crippen molar-refractivity contribution in [1.29, 1.82) is 0 Å². The molecule has 0 bridgehead atoms. The van der Waals surface area contributed by atoms with Gasteiger partial charge in [0.2, 0.25) is 5.91 Å². The van der Waals surface area contributed by atoms with Gasteiger partial charge in [0.25, 0.3) is 0 Å². The van der Waals surface area contributed by atoms with Gasteiger partial charge in [0.05, 0.1) is 30.3 Å². The number of hydroxylamine groups is 1. The third kappa shape index (κ3) is 9.18. The van der Waals surface area contributed by atoms with E-state index in [9.17, 15) is 44.4 Å². The van der Waals surface area contributed by atoms with Crippen molar-refractivity contribution in [3.05, 3.63) is 0 Å². The molecule has 12 atom stereocenters. The molecule has 0 aromatic carbocycles. The zero-order valence-corrected chi connectivity index (χ0v) is 26.6. The molecule has 4 aliphatic carbocycles. The quantitative estimate of drug-likeness (QED) is 0.169. The normalized spacial score (nSPS) is 39.0. The topological polar surface area (TPSA) is 200 Å². The predicted molar refractivity (Wildman–Crippen MR) is 162 cm³/mol. The van der Waals surface area contributed by atoms with E-state index < -0.39 is 53.6 Å². The van der Waals surface area contributed by atoms with E-state index in [0.29, 0.717) is 43.4 Å². The Morgan fingerprint density at radius 3 is 1.73 bits per heavy atom. The zero-order chi connectivity index (χ0) is 32.8. The van der Waals surface area contributed by atoms with Crippen molar-refractivity contribution in [1.82, 2.24) is 10.8 Å². The highest BCUT2D eigenvalue weighted by atomic mass is 16.6.